The van der Waals surface area contributed by atoms with Crippen molar-refractivity contribution in [3.8, 4) is 0 Å². The van der Waals surface area contributed by atoms with Crippen LogP contribution in [0.3, 0.4) is 0 Å². The molecule has 0 saturated carbocycles. The van der Waals surface area contributed by atoms with Gasteiger partial charge in [0.15, 0.2) is 16.7 Å². The number of carbonyl (C=O) groups is 2. The quantitative estimate of drug-likeness (QED) is 0.233. The highest BCUT2D eigenvalue weighted by Gasteiger charge is 2.22. The Kier molecular flexibility index (Phi) is 6.37. The number of anilines is 1. The van der Waals surface area contributed by atoms with Crippen LogP contribution in [0.2, 0.25) is 5.15 Å². The second-order valence-corrected chi connectivity index (χ2v) is 8.16. The maximum absolute atomic E-state index is 12.4. The highest BCUT2D eigenvalue weighted by atomic mass is 35.5. The zero-order valence-corrected chi connectivity index (χ0v) is 18.3. The summed E-state index contributed by atoms with van der Waals surface area (Å²) < 4.78 is 6.83. The summed E-state index contributed by atoms with van der Waals surface area (Å²) in [6, 6.07) is 6.31. The molecular formula is C20H18ClN5O5S. The fourth-order valence-electron chi connectivity index (χ4n) is 3.34. The van der Waals surface area contributed by atoms with E-state index < -0.39 is 10.9 Å². The van der Waals surface area contributed by atoms with E-state index >= 15 is 0 Å². The van der Waals surface area contributed by atoms with Gasteiger partial charge in [0.2, 0.25) is 0 Å². The van der Waals surface area contributed by atoms with Crippen molar-refractivity contribution < 1.29 is 19.2 Å². The van der Waals surface area contributed by atoms with Gasteiger partial charge in [0.1, 0.15) is 0 Å². The number of hydrogen-bond donors (Lipinski definition) is 0. The second kappa shape index (κ2) is 9.37. The number of rotatable bonds is 6. The molecule has 3 heterocycles. The van der Waals surface area contributed by atoms with E-state index in [-0.39, 0.29) is 23.4 Å². The highest BCUT2D eigenvalue weighted by Crippen LogP contribution is 2.23. The maximum atomic E-state index is 12.4. The molecule has 1 aliphatic heterocycles. The first kappa shape index (κ1) is 21.8. The number of nitro groups is 1. The zero-order chi connectivity index (χ0) is 22.7. The van der Waals surface area contributed by atoms with E-state index in [9.17, 15) is 19.7 Å². The number of fused-ring (bicyclic) bond motifs is 1. The molecule has 2 aromatic heterocycles. The Hall–Kier alpha value is -3.44. The van der Waals surface area contributed by atoms with Crippen molar-refractivity contribution in [2.45, 2.75) is 0 Å². The second-order valence-electron chi connectivity index (χ2n) is 6.93. The number of hydrogen-bond acceptors (Lipinski definition) is 8. The number of imidazole rings is 1. The van der Waals surface area contributed by atoms with Gasteiger partial charge < -0.3 is 14.5 Å². The van der Waals surface area contributed by atoms with Gasteiger partial charge in [-0.2, -0.15) is 0 Å². The zero-order valence-electron chi connectivity index (χ0n) is 16.7. The predicted molar refractivity (Wildman–Crippen MR) is 120 cm³/mol. The third-order valence-electron chi connectivity index (χ3n) is 5.03. The van der Waals surface area contributed by atoms with E-state index in [2.05, 4.69) is 4.98 Å². The minimum atomic E-state index is -0.649. The lowest BCUT2D eigenvalue weighted by Crippen LogP contribution is -2.49. The summed E-state index contributed by atoms with van der Waals surface area (Å²) in [5, 5.41) is 12.9. The summed E-state index contributed by atoms with van der Waals surface area (Å²) in [6.45, 7) is 1.73. The largest absolute Gasteiger partial charge is 0.452 e. The number of halogens is 1. The van der Waals surface area contributed by atoms with Crippen LogP contribution < -0.4 is 4.90 Å². The van der Waals surface area contributed by atoms with Crippen LogP contribution in [0.15, 0.2) is 41.9 Å². The molecule has 1 amide bonds. The van der Waals surface area contributed by atoms with Crippen LogP contribution in [0.25, 0.3) is 11.0 Å². The molecule has 1 fully saturated rings. The number of amides is 1. The predicted octanol–water partition coefficient (Wildman–Crippen LogP) is 2.86. The monoisotopic (exact) mass is 475 g/mol. The Balaban J connectivity index is 1.25. The Labute approximate surface area is 191 Å². The molecule has 4 rings (SSSR count). The lowest BCUT2D eigenvalue weighted by Gasteiger charge is -2.36. The highest BCUT2D eigenvalue weighted by molar-refractivity contribution is 7.15. The molecule has 0 radical (unpaired) electrons. The topological polar surface area (TPSA) is 110 Å². The van der Waals surface area contributed by atoms with Gasteiger partial charge in [0.05, 0.1) is 10.6 Å². The summed E-state index contributed by atoms with van der Waals surface area (Å²) in [7, 11) is 0. The van der Waals surface area contributed by atoms with Gasteiger partial charge in [-0.15, -0.1) is 11.3 Å². The van der Waals surface area contributed by atoms with Crippen LogP contribution in [0, 0.1) is 10.1 Å². The number of carbonyl (C=O) groups excluding carboxylic acids is 2. The molecule has 32 heavy (non-hydrogen) atoms. The first-order valence-corrected chi connectivity index (χ1v) is 10.9. The van der Waals surface area contributed by atoms with Crippen molar-refractivity contribution in [3.05, 3.63) is 62.9 Å². The molecule has 166 valence electrons. The minimum Gasteiger partial charge on any atom is -0.452 e. The first-order chi connectivity index (χ1) is 15.4. The fraction of sp³-hybridized carbons (Fsp3) is 0.250. The maximum Gasteiger partial charge on any atom is 0.331 e. The van der Waals surface area contributed by atoms with Crippen LogP contribution in [-0.2, 0) is 14.3 Å². The molecule has 0 spiro atoms. The van der Waals surface area contributed by atoms with Crippen molar-refractivity contribution in [1.29, 1.82) is 0 Å². The Bertz CT molecular complexity index is 1180. The number of ether oxygens (including phenoxy) is 1. The number of benzene rings is 1. The van der Waals surface area contributed by atoms with E-state index in [1.54, 1.807) is 27.6 Å². The standard InChI is InChI=1S/C20H18ClN5O5S/c21-19-16(25-11-12-32-20(25)22-19)5-6-18(28)31-13-17(27)24-9-7-23(8-10-24)14-1-3-15(4-2-14)26(29)30/h1-6,11-12H,7-10,13H2/b6-5-. The number of aromatic nitrogens is 2. The third-order valence-corrected chi connectivity index (χ3v) is 6.06. The molecule has 1 saturated heterocycles. The number of thiazole rings is 1. The molecule has 0 atom stereocenters. The van der Waals surface area contributed by atoms with Gasteiger partial charge in [-0.05, 0) is 18.2 Å². The smallest absolute Gasteiger partial charge is 0.331 e. The minimum absolute atomic E-state index is 0.0358. The average molecular weight is 476 g/mol. The van der Waals surface area contributed by atoms with E-state index in [0.29, 0.717) is 36.8 Å². The Morgan fingerprint density at radius 1 is 1.22 bits per heavy atom. The third kappa shape index (κ3) is 4.73. The van der Waals surface area contributed by atoms with Crippen molar-refractivity contribution in [3.63, 3.8) is 0 Å². The SMILES string of the molecule is O=C(/C=C\c1c(Cl)nc2sccn12)OCC(=O)N1CCN(c2ccc([N+](=O)[O-])cc2)CC1. The van der Waals surface area contributed by atoms with E-state index in [1.165, 1.54) is 35.6 Å². The Morgan fingerprint density at radius 3 is 2.62 bits per heavy atom. The summed E-state index contributed by atoms with van der Waals surface area (Å²) in [4.78, 5) is 43.3. The lowest BCUT2D eigenvalue weighted by atomic mass is 10.2. The molecule has 1 aromatic carbocycles. The van der Waals surface area contributed by atoms with Crippen LogP contribution >= 0.6 is 22.9 Å². The van der Waals surface area contributed by atoms with Crippen LogP contribution in [-0.4, -0.2) is 63.9 Å². The molecule has 1 aliphatic rings. The average Bonchev–Trinajstić information content (AvgIpc) is 3.36. The normalized spacial score (nSPS) is 14.3. The molecule has 0 bridgehead atoms. The molecule has 3 aromatic rings. The summed E-state index contributed by atoms with van der Waals surface area (Å²) >= 11 is 7.50. The van der Waals surface area contributed by atoms with E-state index in [4.69, 9.17) is 16.3 Å². The van der Waals surface area contributed by atoms with Gasteiger partial charge in [0, 0.05) is 61.7 Å². The first-order valence-electron chi connectivity index (χ1n) is 9.65. The number of esters is 1. The summed E-state index contributed by atoms with van der Waals surface area (Å²) in [5.74, 6) is -0.929. The number of nitrogens with zero attached hydrogens (tertiary/aromatic N) is 5. The molecule has 10 nitrogen and oxygen atoms in total. The van der Waals surface area contributed by atoms with Crippen molar-refractivity contribution in [1.82, 2.24) is 14.3 Å². The van der Waals surface area contributed by atoms with Gasteiger partial charge >= 0.3 is 5.97 Å². The number of nitro benzene ring substituents is 1. The summed E-state index contributed by atoms with van der Waals surface area (Å²) in [5.41, 5.74) is 1.46. The lowest BCUT2D eigenvalue weighted by molar-refractivity contribution is -0.384. The van der Waals surface area contributed by atoms with Gasteiger partial charge in [-0.3, -0.25) is 19.3 Å². The van der Waals surface area contributed by atoms with E-state index in [1.807, 2.05) is 10.3 Å². The number of non-ortho nitro benzene ring substituents is 1. The van der Waals surface area contributed by atoms with Gasteiger partial charge in [-0.25, -0.2) is 9.78 Å². The fourth-order valence-corrected chi connectivity index (χ4v) is 4.35. The summed E-state index contributed by atoms with van der Waals surface area (Å²) in [6.07, 6.45) is 4.52. The van der Waals surface area contributed by atoms with Gasteiger partial charge in [0.25, 0.3) is 11.6 Å². The van der Waals surface area contributed by atoms with Crippen molar-refractivity contribution >= 4 is 57.2 Å². The number of piperazine rings is 1. The van der Waals surface area contributed by atoms with Crippen molar-refractivity contribution in [2.24, 2.45) is 0 Å². The molecule has 0 aliphatic carbocycles. The molecule has 0 unspecified atom stereocenters. The molecule has 12 heteroatoms. The van der Waals surface area contributed by atoms with E-state index in [0.717, 1.165) is 5.69 Å². The van der Waals surface area contributed by atoms with Crippen LogP contribution in [0.5, 0.6) is 0 Å². The molecular weight excluding hydrogens is 458 g/mol. The van der Waals surface area contributed by atoms with Gasteiger partial charge in [-0.1, -0.05) is 11.6 Å². The van der Waals surface area contributed by atoms with Crippen LogP contribution in [0.4, 0.5) is 11.4 Å². The molecule has 0 N–H and O–H groups in total. The van der Waals surface area contributed by atoms with Crippen molar-refractivity contribution in [2.75, 3.05) is 37.7 Å². The van der Waals surface area contributed by atoms with Crippen LogP contribution in [0.1, 0.15) is 5.69 Å². The Morgan fingerprint density at radius 2 is 1.94 bits per heavy atom.